The number of thiophene rings is 1. The van der Waals surface area contributed by atoms with Crippen molar-refractivity contribution in [1.29, 1.82) is 0 Å². The predicted octanol–water partition coefficient (Wildman–Crippen LogP) is 12.7. The molecule has 0 spiro atoms. The third-order valence-corrected chi connectivity index (χ3v) is 10.4. The SMILES string of the molecule is c1ccc(-c2c3ccccc3c(-c3ccc4oc5cc6c(cc5c4c3)sc3ccc4ccccc4c36)c3ccccc23)cc1. The lowest BCUT2D eigenvalue weighted by atomic mass is 9.86. The lowest BCUT2D eigenvalue weighted by Crippen LogP contribution is -1.90. The minimum absolute atomic E-state index is 0.921. The van der Waals surface area contributed by atoms with Crippen molar-refractivity contribution in [2.24, 2.45) is 0 Å². The summed E-state index contributed by atoms with van der Waals surface area (Å²) in [6.07, 6.45) is 0. The van der Waals surface area contributed by atoms with Gasteiger partial charge in [0.15, 0.2) is 0 Å². The molecule has 0 aliphatic rings. The first-order chi connectivity index (χ1) is 21.8. The zero-order valence-electron chi connectivity index (χ0n) is 23.7. The molecule has 0 N–H and O–H groups in total. The average Bonchev–Trinajstić information content (AvgIpc) is 3.63. The highest BCUT2D eigenvalue weighted by atomic mass is 32.1. The van der Waals surface area contributed by atoms with E-state index in [0.29, 0.717) is 0 Å². The largest absolute Gasteiger partial charge is 0.456 e. The third-order valence-electron chi connectivity index (χ3n) is 9.23. The smallest absolute Gasteiger partial charge is 0.136 e. The molecule has 0 bridgehead atoms. The Morgan fingerprint density at radius 1 is 0.364 bits per heavy atom. The number of fused-ring (bicyclic) bond motifs is 10. The van der Waals surface area contributed by atoms with Crippen LogP contribution in [0.25, 0.3) is 96.7 Å². The zero-order chi connectivity index (χ0) is 28.8. The summed E-state index contributed by atoms with van der Waals surface area (Å²) in [7, 11) is 0. The molecule has 1 nitrogen and oxygen atoms in total. The Hall–Kier alpha value is -5.44. The van der Waals surface area contributed by atoms with Crippen LogP contribution in [0.2, 0.25) is 0 Å². The molecule has 0 aliphatic carbocycles. The van der Waals surface area contributed by atoms with Gasteiger partial charge in [-0.25, -0.2) is 0 Å². The van der Waals surface area contributed by atoms with E-state index in [9.17, 15) is 0 Å². The second-order valence-corrected chi connectivity index (χ2v) is 12.7. The Labute approximate surface area is 257 Å². The second-order valence-electron chi connectivity index (χ2n) is 11.6. The molecule has 2 aromatic heterocycles. The highest BCUT2D eigenvalue weighted by molar-refractivity contribution is 7.26. The predicted molar refractivity (Wildman–Crippen MR) is 190 cm³/mol. The number of rotatable bonds is 2. The fourth-order valence-electron chi connectivity index (χ4n) is 7.33. The number of benzene rings is 8. The van der Waals surface area contributed by atoms with E-state index in [2.05, 4.69) is 146 Å². The van der Waals surface area contributed by atoms with Gasteiger partial charge in [-0.2, -0.15) is 0 Å². The molecule has 0 fully saturated rings. The van der Waals surface area contributed by atoms with Gasteiger partial charge in [-0.05, 0) is 84.9 Å². The van der Waals surface area contributed by atoms with E-state index in [-0.39, 0.29) is 0 Å². The van der Waals surface area contributed by atoms with Gasteiger partial charge in [-0.3, -0.25) is 0 Å². The number of furan rings is 1. The first-order valence-electron chi connectivity index (χ1n) is 15.0. The van der Waals surface area contributed by atoms with Gasteiger partial charge in [0.2, 0.25) is 0 Å². The molecule has 0 saturated heterocycles. The minimum Gasteiger partial charge on any atom is -0.456 e. The third kappa shape index (κ3) is 3.35. The maximum Gasteiger partial charge on any atom is 0.136 e. The van der Waals surface area contributed by atoms with E-state index in [1.165, 1.54) is 80.1 Å². The molecule has 8 aromatic carbocycles. The van der Waals surface area contributed by atoms with Crippen LogP contribution in [0.15, 0.2) is 150 Å². The van der Waals surface area contributed by atoms with Crippen molar-refractivity contribution in [3.63, 3.8) is 0 Å². The van der Waals surface area contributed by atoms with Crippen LogP contribution in [0, 0.1) is 0 Å². The van der Waals surface area contributed by atoms with E-state index in [0.717, 1.165) is 16.6 Å². The van der Waals surface area contributed by atoms with E-state index >= 15 is 0 Å². The molecule has 0 radical (unpaired) electrons. The molecule has 10 rings (SSSR count). The molecular weight excluding hydrogens is 553 g/mol. The van der Waals surface area contributed by atoms with Crippen molar-refractivity contribution in [1.82, 2.24) is 0 Å². The molecule has 0 atom stereocenters. The summed E-state index contributed by atoms with van der Waals surface area (Å²) < 4.78 is 9.14. The highest BCUT2D eigenvalue weighted by Crippen LogP contribution is 2.46. The molecule has 44 heavy (non-hydrogen) atoms. The Kier molecular flexibility index (Phi) is 4.94. The van der Waals surface area contributed by atoms with Crippen LogP contribution in [0.1, 0.15) is 0 Å². The topological polar surface area (TPSA) is 13.1 Å². The van der Waals surface area contributed by atoms with Crippen LogP contribution in [0.3, 0.4) is 0 Å². The average molecular weight is 577 g/mol. The van der Waals surface area contributed by atoms with Crippen LogP contribution in [-0.2, 0) is 0 Å². The van der Waals surface area contributed by atoms with Crippen LogP contribution in [0.5, 0.6) is 0 Å². The van der Waals surface area contributed by atoms with Gasteiger partial charge in [0.25, 0.3) is 0 Å². The van der Waals surface area contributed by atoms with Crippen molar-refractivity contribution < 1.29 is 4.42 Å². The van der Waals surface area contributed by atoms with Crippen molar-refractivity contribution >= 4 is 85.8 Å². The zero-order valence-corrected chi connectivity index (χ0v) is 24.5. The fraction of sp³-hybridized carbons (Fsp3) is 0. The van der Waals surface area contributed by atoms with Gasteiger partial charge in [0.05, 0.1) is 0 Å². The molecule has 0 amide bonds. The van der Waals surface area contributed by atoms with Gasteiger partial charge in [0, 0.05) is 30.9 Å². The summed E-state index contributed by atoms with van der Waals surface area (Å²) in [6.45, 7) is 0. The maximum absolute atomic E-state index is 6.54. The number of hydrogen-bond donors (Lipinski definition) is 0. The summed E-state index contributed by atoms with van der Waals surface area (Å²) in [6, 6.07) is 52.9. The second kappa shape index (κ2) is 9.03. The van der Waals surface area contributed by atoms with Crippen molar-refractivity contribution in [2.75, 3.05) is 0 Å². The molecule has 0 saturated carbocycles. The highest BCUT2D eigenvalue weighted by Gasteiger charge is 2.18. The summed E-state index contributed by atoms with van der Waals surface area (Å²) >= 11 is 1.87. The molecule has 0 unspecified atom stereocenters. The molecule has 0 aliphatic heterocycles. The standard InChI is InChI=1S/C42H24OS/c1-2-11-26(12-3-1)40-29-14-6-8-16-31(29)41(32-17-9-7-15-30(32)40)27-18-20-36-33(22-27)34-24-39-35(23-37(34)43-36)42-28-13-5-4-10-25(28)19-21-38(42)44-39/h1-24H. The lowest BCUT2D eigenvalue weighted by Gasteiger charge is -2.17. The summed E-state index contributed by atoms with van der Waals surface area (Å²) in [5.74, 6) is 0. The molecule has 2 heteroatoms. The van der Waals surface area contributed by atoms with Crippen LogP contribution >= 0.6 is 11.3 Å². The lowest BCUT2D eigenvalue weighted by molar-refractivity contribution is 0.669. The normalized spacial score (nSPS) is 12.1. The Bertz CT molecular complexity index is 2710. The quantitative estimate of drug-likeness (QED) is 0.187. The van der Waals surface area contributed by atoms with Crippen molar-refractivity contribution in [2.45, 2.75) is 0 Å². The van der Waals surface area contributed by atoms with Gasteiger partial charge in [-0.15, -0.1) is 11.3 Å². The molecule has 10 aromatic rings. The fourth-order valence-corrected chi connectivity index (χ4v) is 8.47. The van der Waals surface area contributed by atoms with Gasteiger partial charge >= 0.3 is 0 Å². The first kappa shape index (κ1) is 24.0. The van der Waals surface area contributed by atoms with Gasteiger partial charge in [0.1, 0.15) is 11.2 Å². The monoisotopic (exact) mass is 576 g/mol. The van der Waals surface area contributed by atoms with E-state index < -0.39 is 0 Å². The Morgan fingerprint density at radius 3 is 1.70 bits per heavy atom. The Balaban J connectivity index is 1.26. The number of hydrogen-bond acceptors (Lipinski definition) is 2. The summed E-state index contributed by atoms with van der Waals surface area (Å²) in [4.78, 5) is 0. The van der Waals surface area contributed by atoms with E-state index in [1.807, 2.05) is 11.3 Å². The van der Waals surface area contributed by atoms with Crippen LogP contribution in [-0.4, -0.2) is 0 Å². The van der Waals surface area contributed by atoms with Gasteiger partial charge in [-0.1, -0.05) is 115 Å². The van der Waals surface area contributed by atoms with Gasteiger partial charge < -0.3 is 4.42 Å². The minimum atomic E-state index is 0.921. The van der Waals surface area contributed by atoms with E-state index in [1.54, 1.807) is 0 Å². The van der Waals surface area contributed by atoms with Crippen LogP contribution in [0.4, 0.5) is 0 Å². The Morgan fingerprint density at radius 2 is 0.977 bits per heavy atom. The molecule has 204 valence electrons. The summed E-state index contributed by atoms with van der Waals surface area (Å²) in [5, 5.41) is 12.5. The van der Waals surface area contributed by atoms with Crippen molar-refractivity contribution in [3.05, 3.63) is 146 Å². The van der Waals surface area contributed by atoms with E-state index in [4.69, 9.17) is 4.42 Å². The summed E-state index contributed by atoms with van der Waals surface area (Å²) in [5.41, 5.74) is 6.85. The molecular formula is C42H24OS. The maximum atomic E-state index is 6.54. The first-order valence-corrected chi connectivity index (χ1v) is 15.8. The van der Waals surface area contributed by atoms with Crippen LogP contribution < -0.4 is 0 Å². The van der Waals surface area contributed by atoms with Crippen molar-refractivity contribution in [3.8, 4) is 22.3 Å². The molecule has 2 heterocycles.